The maximum absolute atomic E-state index is 12.1. The minimum Gasteiger partial charge on any atom is -0.421 e. The van der Waals surface area contributed by atoms with Crippen LogP contribution in [-0.2, 0) is 11.2 Å². The van der Waals surface area contributed by atoms with E-state index >= 15 is 0 Å². The minimum absolute atomic E-state index is 0.0349. The maximum Gasteiger partial charge on any atom is 0.249 e. The van der Waals surface area contributed by atoms with E-state index in [1.807, 2.05) is 43.3 Å². The number of rotatable bonds is 6. The maximum atomic E-state index is 12.1. The van der Waals surface area contributed by atoms with Gasteiger partial charge in [-0.05, 0) is 24.6 Å². The monoisotopic (exact) mass is 322 g/mol. The summed E-state index contributed by atoms with van der Waals surface area (Å²) in [6.45, 7) is 1.96. The van der Waals surface area contributed by atoms with Gasteiger partial charge in [-0.15, -0.1) is 10.2 Å². The Balaban J connectivity index is 1.53. The highest BCUT2D eigenvalue weighted by Gasteiger charge is 2.12. The van der Waals surface area contributed by atoms with Crippen molar-refractivity contribution in [3.63, 3.8) is 0 Å². The molecule has 1 atom stereocenters. The Morgan fingerprint density at radius 3 is 2.75 bits per heavy atom. The third kappa shape index (κ3) is 4.04. The van der Waals surface area contributed by atoms with Gasteiger partial charge in [0.05, 0.1) is 11.6 Å². The van der Waals surface area contributed by atoms with Crippen molar-refractivity contribution in [2.24, 2.45) is 0 Å². The van der Waals surface area contributed by atoms with Crippen LogP contribution in [0, 0.1) is 0 Å². The fourth-order valence-corrected chi connectivity index (χ4v) is 2.32. The number of pyridine rings is 1. The molecule has 3 rings (SSSR count). The Hall–Kier alpha value is -3.02. The molecule has 0 aliphatic rings. The summed E-state index contributed by atoms with van der Waals surface area (Å²) in [5.41, 5.74) is 1.83. The number of amides is 1. The molecule has 24 heavy (non-hydrogen) atoms. The van der Waals surface area contributed by atoms with E-state index in [1.54, 1.807) is 18.5 Å². The molecule has 3 aromatic rings. The average Bonchev–Trinajstić information content (AvgIpc) is 3.10. The smallest absolute Gasteiger partial charge is 0.249 e. The molecule has 2 heterocycles. The van der Waals surface area contributed by atoms with Crippen LogP contribution >= 0.6 is 0 Å². The first-order valence-electron chi connectivity index (χ1n) is 7.79. The van der Waals surface area contributed by atoms with Gasteiger partial charge in [-0.3, -0.25) is 9.78 Å². The van der Waals surface area contributed by atoms with Gasteiger partial charge in [0.1, 0.15) is 0 Å². The minimum atomic E-state index is -0.0486. The Morgan fingerprint density at radius 2 is 2.00 bits per heavy atom. The quantitative estimate of drug-likeness (QED) is 0.754. The van der Waals surface area contributed by atoms with Crippen molar-refractivity contribution < 1.29 is 9.21 Å². The summed E-state index contributed by atoms with van der Waals surface area (Å²) in [4.78, 5) is 16.1. The van der Waals surface area contributed by atoms with E-state index in [-0.39, 0.29) is 11.9 Å². The molecule has 1 amide bonds. The summed E-state index contributed by atoms with van der Waals surface area (Å²) in [5.74, 6) is 0.806. The van der Waals surface area contributed by atoms with E-state index in [1.165, 1.54) is 0 Å². The molecule has 0 saturated heterocycles. The molecule has 0 spiro atoms. The lowest BCUT2D eigenvalue weighted by atomic mass is 10.1. The van der Waals surface area contributed by atoms with Crippen LogP contribution in [0.5, 0.6) is 0 Å². The molecule has 0 fully saturated rings. The predicted octanol–water partition coefficient (Wildman–Crippen LogP) is 2.94. The number of carbonyl (C=O) groups is 1. The lowest BCUT2D eigenvalue weighted by Crippen LogP contribution is -2.26. The molecule has 0 saturated carbocycles. The zero-order valence-corrected chi connectivity index (χ0v) is 13.3. The highest BCUT2D eigenvalue weighted by molar-refractivity contribution is 5.76. The molecule has 1 N–H and O–H groups in total. The van der Waals surface area contributed by atoms with Crippen LogP contribution in [0.3, 0.4) is 0 Å². The molecule has 0 aliphatic heterocycles. The molecule has 2 aromatic heterocycles. The lowest BCUT2D eigenvalue weighted by Gasteiger charge is -2.13. The van der Waals surface area contributed by atoms with Crippen LogP contribution < -0.4 is 5.32 Å². The Bertz CT molecular complexity index is 787. The second kappa shape index (κ2) is 7.50. The molecule has 0 bridgehead atoms. The van der Waals surface area contributed by atoms with Crippen molar-refractivity contribution >= 4 is 5.91 Å². The molecule has 122 valence electrons. The number of aryl methyl sites for hydroxylation is 1. The third-order valence-corrected chi connectivity index (χ3v) is 3.62. The van der Waals surface area contributed by atoms with E-state index in [9.17, 15) is 4.79 Å². The van der Waals surface area contributed by atoms with Gasteiger partial charge in [0.2, 0.25) is 17.7 Å². The number of carbonyl (C=O) groups excluding carboxylic acids is 1. The standard InChI is InChI=1S/C18H18N4O2/c1-13(14-6-3-2-4-7-14)20-16(23)9-10-17-21-22-18(24-17)15-8-5-11-19-12-15/h2-8,11-13H,9-10H2,1H3,(H,20,23). The number of benzene rings is 1. The lowest BCUT2D eigenvalue weighted by molar-refractivity contribution is -0.121. The fourth-order valence-electron chi connectivity index (χ4n) is 2.32. The van der Waals surface area contributed by atoms with Crippen molar-refractivity contribution in [1.82, 2.24) is 20.5 Å². The number of aromatic nitrogens is 3. The first-order valence-corrected chi connectivity index (χ1v) is 7.79. The number of hydrogen-bond donors (Lipinski definition) is 1. The van der Waals surface area contributed by atoms with Crippen LogP contribution in [0.2, 0.25) is 0 Å². The normalized spacial score (nSPS) is 11.9. The van der Waals surface area contributed by atoms with Gasteiger partial charge in [-0.25, -0.2) is 0 Å². The van der Waals surface area contributed by atoms with Crippen LogP contribution in [0.1, 0.15) is 30.8 Å². The topological polar surface area (TPSA) is 80.9 Å². The van der Waals surface area contributed by atoms with Gasteiger partial charge in [0, 0.05) is 25.2 Å². The zero-order chi connectivity index (χ0) is 16.8. The second-order valence-corrected chi connectivity index (χ2v) is 5.44. The average molecular weight is 322 g/mol. The van der Waals surface area contributed by atoms with Crippen molar-refractivity contribution in [2.75, 3.05) is 0 Å². The summed E-state index contributed by atoms with van der Waals surface area (Å²) >= 11 is 0. The number of nitrogens with zero attached hydrogens (tertiary/aromatic N) is 3. The van der Waals surface area contributed by atoms with Crippen LogP contribution in [0.4, 0.5) is 0 Å². The summed E-state index contributed by atoms with van der Waals surface area (Å²) in [6.07, 6.45) is 4.04. The van der Waals surface area contributed by atoms with Gasteiger partial charge < -0.3 is 9.73 Å². The van der Waals surface area contributed by atoms with Crippen LogP contribution in [0.25, 0.3) is 11.5 Å². The van der Waals surface area contributed by atoms with Gasteiger partial charge in [0.15, 0.2) is 0 Å². The molecule has 6 heteroatoms. The summed E-state index contributed by atoms with van der Waals surface area (Å²) < 4.78 is 5.57. The Morgan fingerprint density at radius 1 is 1.17 bits per heavy atom. The number of nitrogens with one attached hydrogen (secondary N) is 1. The molecular weight excluding hydrogens is 304 g/mol. The summed E-state index contributed by atoms with van der Waals surface area (Å²) in [7, 11) is 0. The van der Waals surface area contributed by atoms with E-state index in [4.69, 9.17) is 4.42 Å². The molecular formula is C18H18N4O2. The highest BCUT2D eigenvalue weighted by Crippen LogP contribution is 2.17. The van der Waals surface area contributed by atoms with E-state index in [0.29, 0.717) is 24.6 Å². The first kappa shape index (κ1) is 15.9. The molecule has 0 radical (unpaired) electrons. The van der Waals surface area contributed by atoms with Crippen LogP contribution in [0.15, 0.2) is 59.3 Å². The highest BCUT2D eigenvalue weighted by atomic mass is 16.4. The first-order chi connectivity index (χ1) is 11.7. The van der Waals surface area contributed by atoms with Crippen molar-refractivity contribution in [2.45, 2.75) is 25.8 Å². The molecule has 6 nitrogen and oxygen atoms in total. The van der Waals surface area contributed by atoms with Crippen molar-refractivity contribution in [3.05, 3.63) is 66.3 Å². The summed E-state index contributed by atoms with van der Waals surface area (Å²) in [5, 5.41) is 10.9. The largest absolute Gasteiger partial charge is 0.421 e. The van der Waals surface area contributed by atoms with E-state index in [0.717, 1.165) is 11.1 Å². The van der Waals surface area contributed by atoms with Gasteiger partial charge in [-0.1, -0.05) is 30.3 Å². The molecule has 1 aromatic carbocycles. The van der Waals surface area contributed by atoms with E-state index in [2.05, 4.69) is 20.5 Å². The fraction of sp³-hybridized carbons (Fsp3) is 0.222. The van der Waals surface area contributed by atoms with Crippen LogP contribution in [-0.4, -0.2) is 21.1 Å². The van der Waals surface area contributed by atoms with Crippen molar-refractivity contribution in [3.8, 4) is 11.5 Å². The predicted molar refractivity (Wildman–Crippen MR) is 88.8 cm³/mol. The summed E-state index contributed by atoms with van der Waals surface area (Å²) in [6, 6.07) is 13.5. The van der Waals surface area contributed by atoms with Gasteiger partial charge in [-0.2, -0.15) is 0 Å². The van der Waals surface area contributed by atoms with Gasteiger partial charge >= 0.3 is 0 Å². The Kier molecular flexibility index (Phi) is 4.96. The SMILES string of the molecule is CC(NC(=O)CCc1nnc(-c2cccnc2)o1)c1ccccc1. The molecule has 0 aliphatic carbocycles. The molecule has 1 unspecified atom stereocenters. The Labute approximate surface area is 140 Å². The number of hydrogen-bond acceptors (Lipinski definition) is 5. The van der Waals surface area contributed by atoms with Crippen molar-refractivity contribution in [1.29, 1.82) is 0 Å². The van der Waals surface area contributed by atoms with E-state index < -0.39 is 0 Å². The second-order valence-electron chi connectivity index (χ2n) is 5.44. The zero-order valence-electron chi connectivity index (χ0n) is 13.3. The third-order valence-electron chi connectivity index (χ3n) is 3.62. The van der Waals surface area contributed by atoms with Gasteiger partial charge in [0.25, 0.3) is 0 Å².